The number of nitrogens with zero attached hydrogens (tertiary/aromatic N) is 3. The molecule has 0 atom stereocenters. The van der Waals surface area contributed by atoms with Crippen molar-refractivity contribution in [2.75, 3.05) is 54.8 Å². The largest absolute Gasteiger partial charge is 0.492 e. The monoisotopic (exact) mass is 543 g/mol. The van der Waals surface area contributed by atoms with Crippen molar-refractivity contribution in [1.82, 2.24) is 4.90 Å². The molecule has 196 valence electrons. The number of carbonyl (C=O) groups excluding carboxylic acids is 1. The second-order valence-electron chi connectivity index (χ2n) is 8.41. The first kappa shape index (κ1) is 26.8. The van der Waals surface area contributed by atoms with Gasteiger partial charge in [0.05, 0.1) is 22.9 Å². The average Bonchev–Trinajstić information content (AvgIpc) is 2.92. The third-order valence-electron chi connectivity index (χ3n) is 6.19. The van der Waals surface area contributed by atoms with E-state index < -0.39 is 10.0 Å². The topological polar surface area (TPSA) is 70.2 Å². The molecular formula is C27H30FN3O4S2. The number of thioether (sulfide) groups is 1. The Morgan fingerprint density at radius 3 is 2.27 bits per heavy atom. The lowest BCUT2D eigenvalue weighted by Gasteiger charge is -2.37. The Morgan fingerprint density at radius 2 is 1.62 bits per heavy atom. The Balaban J connectivity index is 1.59. The molecule has 1 amide bonds. The Morgan fingerprint density at radius 1 is 0.973 bits per heavy atom. The number of halogens is 1. The zero-order valence-corrected chi connectivity index (χ0v) is 22.5. The summed E-state index contributed by atoms with van der Waals surface area (Å²) in [6.45, 7) is 3.40. The van der Waals surface area contributed by atoms with Crippen LogP contribution in [0.4, 0.5) is 15.8 Å². The van der Waals surface area contributed by atoms with Crippen molar-refractivity contribution in [2.24, 2.45) is 0 Å². The van der Waals surface area contributed by atoms with E-state index in [1.54, 1.807) is 71.6 Å². The number of rotatable bonds is 9. The molecule has 3 aromatic carbocycles. The van der Waals surface area contributed by atoms with E-state index in [4.69, 9.17) is 4.74 Å². The summed E-state index contributed by atoms with van der Waals surface area (Å²) in [5.41, 5.74) is 0.801. The summed E-state index contributed by atoms with van der Waals surface area (Å²) in [7, 11) is -4.08. The molecule has 3 aromatic rings. The van der Waals surface area contributed by atoms with E-state index in [0.717, 1.165) is 9.20 Å². The minimum Gasteiger partial charge on any atom is -0.492 e. The molecule has 0 saturated carbocycles. The first-order chi connectivity index (χ1) is 17.8. The highest BCUT2D eigenvalue weighted by Crippen LogP contribution is 2.33. The maximum absolute atomic E-state index is 14.2. The normalized spacial score (nSPS) is 13.9. The van der Waals surface area contributed by atoms with Crippen LogP contribution in [0, 0.1) is 5.82 Å². The van der Waals surface area contributed by atoms with Crippen molar-refractivity contribution in [2.45, 2.75) is 16.7 Å². The smallest absolute Gasteiger partial charge is 0.264 e. The van der Waals surface area contributed by atoms with Crippen LogP contribution in [-0.2, 0) is 14.8 Å². The lowest BCUT2D eigenvalue weighted by atomic mass is 10.2. The molecule has 4 rings (SSSR count). The molecule has 7 nitrogen and oxygen atoms in total. The van der Waals surface area contributed by atoms with Crippen LogP contribution in [0.2, 0.25) is 0 Å². The van der Waals surface area contributed by atoms with Gasteiger partial charge in [-0.2, -0.15) is 0 Å². The van der Waals surface area contributed by atoms with Crippen molar-refractivity contribution in [3.05, 3.63) is 78.6 Å². The molecule has 1 aliphatic rings. The highest BCUT2D eigenvalue weighted by Gasteiger charge is 2.32. The van der Waals surface area contributed by atoms with Crippen LogP contribution >= 0.6 is 11.8 Å². The second-order valence-corrected chi connectivity index (χ2v) is 11.1. The van der Waals surface area contributed by atoms with Gasteiger partial charge < -0.3 is 14.5 Å². The number of piperazine rings is 1. The molecule has 1 aliphatic heterocycles. The summed E-state index contributed by atoms with van der Waals surface area (Å²) in [4.78, 5) is 18.0. The standard InChI is InChI=1S/C27H30FN3O4S2/c1-3-35-26-11-7-6-10-25(26)31(37(33,34)22-14-12-21(36-2)13-15-22)20-27(32)30-18-16-29(17-19-30)24-9-5-4-8-23(24)28/h4-15H,3,16-20H2,1-2H3. The fraction of sp³-hybridized carbons (Fsp3) is 0.296. The second kappa shape index (κ2) is 11.9. The van der Waals surface area contributed by atoms with Gasteiger partial charge in [0.1, 0.15) is 18.1 Å². The summed E-state index contributed by atoms with van der Waals surface area (Å²) < 4.78 is 48.7. The lowest BCUT2D eigenvalue weighted by molar-refractivity contribution is -0.129. The van der Waals surface area contributed by atoms with Crippen LogP contribution in [0.3, 0.4) is 0 Å². The number of benzene rings is 3. The number of hydrogen-bond acceptors (Lipinski definition) is 6. The zero-order chi connectivity index (χ0) is 26.4. The molecule has 0 spiro atoms. The van der Waals surface area contributed by atoms with Gasteiger partial charge in [0.2, 0.25) is 5.91 Å². The fourth-order valence-corrected chi connectivity index (χ4v) is 6.08. The van der Waals surface area contributed by atoms with Crippen molar-refractivity contribution < 1.29 is 22.3 Å². The molecule has 1 heterocycles. The van der Waals surface area contributed by atoms with Gasteiger partial charge in [-0.05, 0) is 61.7 Å². The molecule has 0 aliphatic carbocycles. The van der Waals surface area contributed by atoms with Crippen molar-refractivity contribution in [3.8, 4) is 5.75 Å². The van der Waals surface area contributed by atoms with Gasteiger partial charge in [0.15, 0.2) is 0 Å². The number of amides is 1. The van der Waals surface area contributed by atoms with Gasteiger partial charge in [-0.3, -0.25) is 9.10 Å². The highest BCUT2D eigenvalue weighted by atomic mass is 32.2. The number of para-hydroxylation sites is 3. The Hall–Kier alpha value is -3.24. The van der Waals surface area contributed by atoms with Crippen LogP contribution in [0.25, 0.3) is 0 Å². The van der Waals surface area contributed by atoms with Gasteiger partial charge in [-0.25, -0.2) is 12.8 Å². The fourth-order valence-electron chi connectivity index (χ4n) is 4.24. The van der Waals surface area contributed by atoms with Crippen LogP contribution in [0.1, 0.15) is 6.92 Å². The predicted octanol–water partition coefficient (Wildman–Crippen LogP) is 4.49. The van der Waals surface area contributed by atoms with Crippen LogP contribution < -0.4 is 13.9 Å². The van der Waals surface area contributed by atoms with Crippen LogP contribution in [-0.4, -0.2) is 64.8 Å². The molecule has 0 radical (unpaired) electrons. The zero-order valence-electron chi connectivity index (χ0n) is 20.8. The number of carbonyl (C=O) groups is 1. The molecule has 37 heavy (non-hydrogen) atoms. The number of anilines is 2. The molecular weight excluding hydrogens is 513 g/mol. The van der Waals surface area contributed by atoms with Crippen molar-refractivity contribution in [3.63, 3.8) is 0 Å². The third kappa shape index (κ3) is 6.02. The molecule has 0 bridgehead atoms. The van der Waals surface area contributed by atoms with E-state index in [-0.39, 0.29) is 23.2 Å². The molecule has 10 heteroatoms. The lowest BCUT2D eigenvalue weighted by Crippen LogP contribution is -2.52. The highest BCUT2D eigenvalue weighted by molar-refractivity contribution is 7.98. The Kier molecular flexibility index (Phi) is 8.60. The Labute approximate surface area is 221 Å². The molecule has 0 N–H and O–H groups in total. The first-order valence-corrected chi connectivity index (χ1v) is 14.7. The van der Waals surface area contributed by atoms with Crippen LogP contribution in [0.15, 0.2) is 82.6 Å². The quantitative estimate of drug-likeness (QED) is 0.371. The van der Waals surface area contributed by atoms with E-state index in [2.05, 4.69) is 0 Å². The summed E-state index contributed by atoms with van der Waals surface area (Å²) in [6.07, 6.45) is 1.92. The maximum atomic E-state index is 14.2. The molecule has 0 aromatic heterocycles. The van der Waals surface area contributed by atoms with Gasteiger partial charge in [0.25, 0.3) is 10.0 Å². The number of sulfonamides is 1. The number of ether oxygens (including phenoxy) is 1. The van der Waals surface area contributed by atoms with Crippen molar-refractivity contribution >= 4 is 39.1 Å². The van der Waals surface area contributed by atoms with E-state index in [0.29, 0.717) is 49.9 Å². The summed E-state index contributed by atoms with van der Waals surface area (Å²) in [6, 6.07) is 19.9. The maximum Gasteiger partial charge on any atom is 0.264 e. The predicted molar refractivity (Wildman–Crippen MR) is 146 cm³/mol. The van der Waals surface area contributed by atoms with E-state index in [9.17, 15) is 17.6 Å². The molecule has 0 unspecified atom stereocenters. The van der Waals surface area contributed by atoms with E-state index in [1.807, 2.05) is 18.1 Å². The minimum atomic E-state index is -4.08. The third-order valence-corrected chi connectivity index (χ3v) is 8.70. The van der Waals surface area contributed by atoms with E-state index >= 15 is 0 Å². The summed E-state index contributed by atoms with van der Waals surface area (Å²) >= 11 is 1.51. The summed E-state index contributed by atoms with van der Waals surface area (Å²) in [5.74, 6) is -0.255. The Bertz CT molecular complexity index is 1330. The van der Waals surface area contributed by atoms with Gasteiger partial charge in [-0.15, -0.1) is 11.8 Å². The molecule has 1 fully saturated rings. The van der Waals surface area contributed by atoms with E-state index in [1.165, 1.54) is 17.8 Å². The SMILES string of the molecule is CCOc1ccccc1N(CC(=O)N1CCN(c2ccccc2F)CC1)S(=O)(=O)c1ccc(SC)cc1. The minimum absolute atomic E-state index is 0.0915. The molecule has 1 saturated heterocycles. The van der Waals surface area contributed by atoms with Gasteiger partial charge in [-0.1, -0.05) is 24.3 Å². The van der Waals surface area contributed by atoms with Gasteiger partial charge >= 0.3 is 0 Å². The number of hydrogen-bond donors (Lipinski definition) is 0. The summed E-state index contributed by atoms with van der Waals surface area (Å²) in [5, 5.41) is 0. The van der Waals surface area contributed by atoms with Crippen molar-refractivity contribution in [1.29, 1.82) is 0 Å². The van der Waals surface area contributed by atoms with Crippen LogP contribution in [0.5, 0.6) is 5.75 Å². The first-order valence-electron chi connectivity index (χ1n) is 12.0. The van der Waals surface area contributed by atoms with Gasteiger partial charge in [0, 0.05) is 31.1 Å². The average molecular weight is 544 g/mol.